The highest BCUT2D eigenvalue weighted by Crippen LogP contribution is 2.29. The molecule has 1 fully saturated rings. The first-order chi connectivity index (χ1) is 17.4. The van der Waals surface area contributed by atoms with Gasteiger partial charge in [0.2, 0.25) is 10.0 Å². The first kappa shape index (κ1) is 24.6. The fourth-order valence-electron chi connectivity index (χ4n) is 4.86. The molecule has 0 amide bonds. The summed E-state index contributed by atoms with van der Waals surface area (Å²) in [6, 6.07) is 21.1. The maximum absolute atomic E-state index is 13.6. The Morgan fingerprint density at radius 3 is 2.50 bits per heavy atom. The highest BCUT2D eigenvalue weighted by molar-refractivity contribution is 7.89. The van der Waals surface area contributed by atoms with Gasteiger partial charge in [-0.05, 0) is 54.2 Å². The van der Waals surface area contributed by atoms with E-state index in [0.717, 1.165) is 33.7 Å². The van der Waals surface area contributed by atoms with Gasteiger partial charge in [-0.15, -0.1) is 11.3 Å². The second-order valence-electron chi connectivity index (χ2n) is 9.59. The lowest BCUT2D eigenvalue weighted by molar-refractivity contribution is 0.222. The molecule has 1 saturated heterocycles. The molecule has 3 heterocycles. The number of hydrogen-bond donors (Lipinski definition) is 0. The molecule has 186 valence electrons. The summed E-state index contributed by atoms with van der Waals surface area (Å²) in [7, 11) is -3.58. The van der Waals surface area contributed by atoms with Crippen molar-refractivity contribution in [2.24, 2.45) is 16.8 Å². The average Bonchev–Trinajstić information content (AvgIpc) is 3.26. The predicted molar refractivity (Wildman–Crippen MR) is 144 cm³/mol. The van der Waals surface area contributed by atoms with Crippen LogP contribution in [0.3, 0.4) is 0 Å². The van der Waals surface area contributed by atoms with Gasteiger partial charge in [-0.1, -0.05) is 50.2 Å². The van der Waals surface area contributed by atoms with Crippen LogP contribution in [-0.2, 0) is 16.6 Å². The van der Waals surface area contributed by atoms with E-state index >= 15 is 0 Å². The molecule has 0 aliphatic carbocycles. The van der Waals surface area contributed by atoms with Crippen LogP contribution in [0.4, 0.5) is 5.69 Å². The first-order valence-corrected chi connectivity index (χ1v) is 14.5. The Hall–Kier alpha value is -3.07. The summed E-state index contributed by atoms with van der Waals surface area (Å²) >= 11 is 1.54. The number of aromatic nitrogens is 2. The number of pyridine rings is 1. The molecule has 0 radical (unpaired) electrons. The van der Waals surface area contributed by atoms with Crippen LogP contribution in [0.5, 0.6) is 0 Å². The molecule has 2 atom stereocenters. The summed E-state index contributed by atoms with van der Waals surface area (Å²) < 4.78 is 30.9. The van der Waals surface area contributed by atoms with Crippen molar-refractivity contribution < 1.29 is 8.42 Å². The van der Waals surface area contributed by atoms with Crippen molar-refractivity contribution in [1.29, 1.82) is 0 Å². The molecule has 5 rings (SSSR count). The smallest absolute Gasteiger partial charge is 0.243 e. The van der Waals surface area contributed by atoms with Gasteiger partial charge < -0.3 is 4.57 Å². The fourth-order valence-corrected chi connectivity index (χ4v) is 7.51. The predicted octanol–water partition coefficient (Wildman–Crippen LogP) is 5.56. The molecule has 8 heteroatoms. The van der Waals surface area contributed by atoms with Crippen LogP contribution in [0.2, 0.25) is 0 Å². The molecule has 6 nitrogen and oxygen atoms in total. The van der Waals surface area contributed by atoms with Gasteiger partial charge in [-0.2, -0.15) is 4.31 Å². The standard InChI is InChI=1S/C28H30N4O2S2/c1-21-14-22(2)18-31(17-21)36(33,34)26-12-6-9-24(15-26)27-20-35-28(30-25-10-4-3-5-11-25)32(27)19-23-8-7-13-29-16-23/h3-13,15-16,20-22H,14,17-19H2,1-2H3/t21-,22+. The van der Waals surface area contributed by atoms with Gasteiger partial charge in [0.1, 0.15) is 0 Å². The highest BCUT2D eigenvalue weighted by atomic mass is 32.2. The Balaban J connectivity index is 1.57. The topological polar surface area (TPSA) is 67.6 Å². The summed E-state index contributed by atoms with van der Waals surface area (Å²) in [6.07, 6.45) is 4.66. The van der Waals surface area contributed by atoms with Gasteiger partial charge in [0.15, 0.2) is 4.80 Å². The maximum Gasteiger partial charge on any atom is 0.243 e. The van der Waals surface area contributed by atoms with Gasteiger partial charge in [0.25, 0.3) is 0 Å². The largest absolute Gasteiger partial charge is 0.312 e. The van der Waals surface area contributed by atoms with Crippen LogP contribution in [0.1, 0.15) is 25.8 Å². The van der Waals surface area contributed by atoms with E-state index in [1.807, 2.05) is 60.8 Å². The molecule has 0 N–H and O–H groups in total. The van der Waals surface area contributed by atoms with Crippen molar-refractivity contribution in [2.45, 2.75) is 31.7 Å². The van der Waals surface area contributed by atoms with Gasteiger partial charge in [0, 0.05) is 36.4 Å². The quantitative estimate of drug-likeness (QED) is 0.336. The van der Waals surface area contributed by atoms with E-state index < -0.39 is 10.0 Å². The summed E-state index contributed by atoms with van der Waals surface area (Å²) in [4.78, 5) is 10.3. The zero-order valence-electron chi connectivity index (χ0n) is 20.5. The Morgan fingerprint density at radius 1 is 1.00 bits per heavy atom. The Kier molecular flexibility index (Phi) is 7.18. The third-order valence-corrected chi connectivity index (χ3v) is 9.14. The molecule has 0 unspecified atom stereocenters. The van der Waals surface area contributed by atoms with Crippen molar-refractivity contribution in [3.63, 3.8) is 0 Å². The van der Waals surface area contributed by atoms with Crippen LogP contribution in [0, 0.1) is 11.8 Å². The first-order valence-electron chi connectivity index (χ1n) is 12.2. The number of para-hydroxylation sites is 1. The van der Waals surface area contributed by atoms with E-state index in [1.54, 1.807) is 34.0 Å². The summed E-state index contributed by atoms with van der Waals surface area (Å²) in [5.74, 6) is 0.708. The molecule has 0 saturated carbocycles. The molecule has 4 aromatic rings. The monoisotopic (exact) mass is 518 g/mol. The molecular formula is C28H30N4O2S2. The second kappa shape index (κ2) is 10.5. The number of rotatable bonds is 6. The van der Waals surface area contributed by atoms with Crippen molar-refractivity contribution in [3.05, 3.63) is 94.9 Å². The molecule has 36 heavy (non-hydrogen) atoms. The second-order valence-corrected chi connectivity index (χ2v) is 12.4. The lowest BCUT2D eigenvalue weighted by Gasteiger charge is -2.34. The molecule has 2 aromatic carbocycles. The number of hydrogen-bond acceptors (Lipinski definition) is 5. The minimum absolute atomic E-state index is 0.335. The number of thiazole rings is 1. The van der Waals surface area contributed by atoms with E-state index in [0.29, 0.717) is 36.4 Å². The van der Waals surface area contributed by atoms with Crippen LogP contribution in [0.15, 0.2) is 94.4 Å². The van der Waals surface area contributed by atoms with Gasteiger partial charge in [-0.3, -0.25) is 4.98 Å². The van der Waals surface area contributed by atoms with E-state index in [9.17, 15) is 8.42 Å². The minimum atomic E-state index is -3.58. The minimum Gasteiger partial charge on any atom is -0.312 e. The highest BCUT2D eigenvalue weighted by Gasteiger charge is 2.31. The molecule has 0 spiro atoms. The van der Waals surface area contributed by atoms with E-state index in [2.05, 4.69) is 28.8 Å². The number of benzene rings is 2. The van der Waals surface area contributed by atoms with E-state index in [1.165, 1.54) is 0 Å². The lowest BCUT2D eigenvalue weighted by atomic mass is 9.94. The lowest BCUT2D eigenvalue weighted by Crippen LogP contribution is -2.42. The molecular weight excluding hydrogens is 488 g/mol. The average molecular weight is 519 g/mol. The van der Waals surface area contributed by atoms with Gasteiger partial charge in [-0.25, -0.2) is 13.4 Å². The van der Waals surface area contributed by atoms with Gasteiger partial charge >= 0.3 is 0 Å². The van der Waals surface area contributed by atoms with Crippen molar-refractivity contribution >= 4 is 27.0 Å². The molecule has 1 aliphatic rings. The van der Waals surface area contributed by atoms with Crippen molar-refractivity contribution in [3.8, 4) is 11.3 Å². The van der Waals surface area contributed by atoms with Crippen LogP contribution < -0.4 is 4.80 Å². The maximum atomic E-state index is 13.6. The zero-order valence-corrected chi connectivity index (χ0v) is 22.1. The zero-order chi connectivity index (χ0) is 25.1. The summed E-state index contributed by atoms with van der Waals surface area (Å²) in [6.45, 7) is 5.96. The van der Waals surface area contributed by atoms with E-state index in [-0.39, 0.29) is 0 Å². The number of piperidine rings is 1. The van der Waals surface area contributed by atoms with Crippen LogP contribution >= 0.6 is 11.3 Å². The van der Waals surface area contributed by atoms with Crippen molar-refractivity contribution in [2.75, 3.05) is 13.1 Å². The SMILES string of the molecule is C[C@@H]1C[C@H](C)CN(S(=O)(=O)c2cccc(-c3csc(=Nc4ccccc4)n3Cc3cccnc3)c2)C1. The molecule has 0 bridgehead atoms. The van der Waals surface area contributed by atoms with Crippen LogP contribution in [-0.4, -0.2) is 35.4 Å². The Morgan fingerprint density at radius 2 is 1.78 bits per heavy atom. The van der Waals surface area contributed by atoms with Gasteiger partial charge in [0.05, 0.1) is 22.8 Å². The number of nitrogens with zero attached hydrogens (tertiary/aromatic N) is 4. The third kappa shape index (κ3) is 5.36. The third-order valence-electron chi connectivity index (χ3n) is 6.45. The van der Waals surface area contributed by atoms with E-state index in [4.69, 9.17) is 4.99 Å². The molecule has 1 aliphatic heterocycles. The number of sulfonamides is 1. The Bertz CT molecular complexity index is 1490. The van der Waals surface area contributed by atoms with Crippen LogP contribution in [0.25, 0.3) is 11.3 Å². The Labute approximate surface area is 216 Å². The molecule has 2 aromatic heterocycles. The normalized spacial score (nSPS) is 19.4. The summed E-state index contributed by atoms with van der Waals surface area (Å²) in [5.41, 5.74) is 3.70. The van der Waals surface area contributed by atoms with Crippen molar-refractivity contribution in [1.82, 2.24) is 13.9 Å². The fraction of sp³-hybridized carbons (Fsp3) is 0.286. The summed E-state index contributed by atoms with van der Waals surface area (Å²) in [5, 5.41) is 2.05.